The highest BCUT2D eigenvalue weighted by atomic mass is 35.5. The minimum absolute atomic E-state index is 0.0338. The zero-order valence-corrected chi connectivity index (χ0v) is 12.1. The van der Waals surface area contributed by atoms with Gasteiger partial charge in [0.1, 0.15) is 10.9 Å². The van der Waals surface area contributed by atoms with Crippen molar-refractivity contribution >= 4 is 28.3 Å². The number of benzene rings is 1. The molecule has 0 aliphatic carbocycles. The van der Waals surface area contributed by atoms with E-state index in [9.17, 15) is 14.7 Å². The summed E-state index contributed by atoms with van der Waals surface area (Å²) >= 11 is 5.89. The molecular formula is C16H11ClN2O3. The van der Waals surface area contributed by atoms with Crippen LogP contribution in [-0.2, 0) is 6.42 Å². The van der Waals surface area contributed by atoms with Crippen LogP contribution in [0.1, 0.15) is 15.9 Å². The summed E-state index contributed by atoms with van der Waals surface area (Å²) in [6, 6.07) is 9.94. The van der Waals surface area contributed by atoms with E-state index in [-0.39, 0.29) is 28.7 Å². The predicted octanol–water partition coefficient (Wildman–Crippen LogP) is 2.71. The van der Waals surface area contributed by atoms with Crippen molar-refractivity contribution in [1.82, 2.24) is 9.97 Å². The highest BCUT2D eigenvalue weighted by Crippen LogP contribution is 2.21. The van der Waals surface area contributed by atoms with Gasteiger partial charge in [0.25, 0.3) is 5.56 Å². The lowest BCUT2D eigenvalue weighted by Crippen LogP contribution is -2.16. The number of fused-ring (bicyclic) bond motifs is 1. The molecule has 22 heavy (non-hydrogen) atoms. The van der Waals surface area contributed by atoms with Gasteiger partial charge in [-0.05, 0) is 24.3 Å². The highest BCUT2D eigenvalue weighted by Gasteiger charge is 2.16. The van der Waals surface area contributed by atoms with Gasteiger partial charge in [-0.25, -0.2) is 4.98 Å². The van der Waals surface area contributed by atoms with E-state index in [1.54, 1.807) is 24.3 Å². The van der Waals surface area contributed by atoms with Gasteiger partial charge in [-0.3, -0.25) is 9.59 Å². The van der Waals surface area contributed by atoms with Crippen molar-refractivity contribution in [3.05, 3.63) is 69.2 Å². The Labute approximate surface area is 130 Å². The van der Waals surface area contributed by atoms with Gasteiger partial charge >= 0.3 is 0 Å². The second-order valence-electron chi connectivity index (χ2n) is 4.78. The molecule has 6 heteroatoms. The summed E-state index contributed by atoms with van der Waals surface area (Å²) in [7, 11) is 0. The van der Waals surface area contributed by atoms with Gasteiger partial charge < -0.3 is 10.1 Å². The van der Waals surface area contributed by atoms with Crippen LogP contribution in [0.4, 0.5) is 0 Å². The molecule has 0 saturated heterocycles. The number of nitrogens with one attached hydrogen (secondary N) is 1. The number of carbonyl (C=O) groups is 1. The van der Waals surface area contributed by atoms with Crippen LogP contribution < -0.4 is 5.56 Å². The summed E-state index contributed by atoms with van der Waals surface area (Å²) in [5.74, 6) is -0.518. The molecule has 110 valence electrons. The fourth-order valence-corrected chi connectivity index (χ4v) is 2.42. The number of aromatic hydroxyl groups is 1. The summed E-state index contributed by atoms with van der Waals surface area (Å²) in [4.78, 5) is 30.8. The van der Waals surface area contributed by atoms with Crippen molar-refractivity contribution in [3.8, 4) is 5.75 Å². The number of aromatic nitrogens is 2. The third-order valence-corrected chi connectivity index (χ3v) is 3.57. The van der Waals surface area contributed by atoms with E-state index in [0.29, 0.717) is 11.1 Å². The van der Waals surface area contributed by atoms with E-state index in [0.717, 1.165) is 5.39 Å². The number of ketones is 1. The first-order valence-electron chi connectivity index (χ1n) is 6.54. The molecule has 0 spiro atoms. The summed E-state index contributed by atoms with van der Waals surface area (Å²) in [6.45, 7) is 0. The molecule has 0 bridgehead atoms. The molecule has 3 aromatic rings. The molecule has 0 unspecified atom stereocenters. The number of rotatable bonds is 3. The standard InChI is InChI=1S/C16H11ClN2O3/c17-14-5-4-9-2-1-3-10(15(9)19-14)13(21)8-11-12(20)6-7-18-16(11)22/h1-7H,8H2,(H2,18,20,22). The molecule has 0 amide bonds. The number of aromatic amines is 1. The third-order valence-electron chi connectivity index (χ3n) is 3.36. The summed E-state index contributed by atoms with van der Waals surface area (Å²) < 4.78 is 0. The van der Waals surface area contributed by atoms with E-state index in [1.807, 2.05) is 6.07 Å². The molecule has 2 aromatic heterocycles. The maximum atomic E-state index is 12.5. The van der Waals surface area contributed by atoms with Crippen molar-refractivity contribution < 1.29 is 9.90 Å². The van der Waals surface area contributed by atoms with Crippen LogP contribution in [-0.4, -0.2) is 20.9 Å². The number of Topliss-reactive ketones (excluding diaryl/α,β-unsaturated/α-hetero) is 1. The zero-order chi connectivity index (χ0) is 15.7. The van der Waals surface area contributed by atoms with E-state index >= 15 is 0 Å². The molecule has 5 nitrogen and oxygen atoms in total. The third kappa shape index (κ3) is 2.58. The summed E-state index contributed by atoms with van der Waals surface area (Å²) in [6.07, 6.45) is 1.11. The van der Waals surface area contributed by atoms with E-state index < -0.39 is 5.56 Å². The Balaban J connectivity index is 2.06. The molecule has 3 rings (SSSR count). The fourth-order valence-electron chi connectivity index (χ4n) is 2.28. The lowest BCUT2D eigenvalue weighted by Gasteiger charge is -2.06. The Morgan fingerprint density at radius 2 is 2.05 bits per heavy atom. The first-order valence-corrected chi connectivity index (χ1v) is 6.92. The van der Waals surface area contributed by atoms with Gasteiger partial charge in [0, 0.05) is 23.6 Å². The van der Waals surface area contributed by atoms with E-state index in [1.165, 1.54) is 12.3 Å². The SMILES string of the molecule is O=C(Cc1c(O)cc[nH]c1=O)c1cccc2ccc(Cl)nc12. The maximum Gasteiger partial charge on any atom is 0.255 e. The molecule has 0 aliphatic rings. The fraction of sp³-hybridized carbons (Fsp3) is 0.0625. The number of carbonyl (C=O) groups excluding carboxylic acids is 1. The summed E-state index contributed by atoms with van der Waals surface area (Å²) in [5, 5.41) is 10.8. The lowest BCUT2D eigenvalue weighted by molar-refractivity contribution is 0.0993. The van der Waals surface area contributed by atoms with Gasteiger partial charge in [0.2, 0.25) is 0 Å². The molecule has 0 aliphatic heterocycles. The van der Waals surface area contributed by atoms with E-state index in [4.69, 9.17) is 11.6 Å². The van der Waals surface area contributed by atoms with Gasteiger partial charge in [0.05, 0.1) is 11.1 Å². The van der Waals surface area contributed by atoms with Crippen molar-refractivity contribution in [3.63, 3.8) is 0 Å². The smallest absolute Gasteiger partial charge is 0.255 e. The number of pyridine rings is 2. The second kappa shape index (κ2) is 5.61. The predicted molar refractivity (Wildman–Crippen MR) is 83.5 cm³/mol. The number of hydrogen-bond donors (Lipinski definition) is 2. The quantitative estimate of drug-likeness (QED) is 0.575. The van der Waals surface area contributed by atoms with Crippen molar-refractivity contribution in [2.24, 2.45) is 0 Å². The normalized spacial score (nSPS) is 10.8. The molecule has 0 fully saturated rings. The minimum Gasteiger partial charge on any atom is -0.507 e. The highest BCUT2D eigenvalue weighted by molar-refractivity contribution is 6.30. The van der Waals surface area contributed by atoms with Gasteiger partial charge in [0.15, 0.2) is 5.78 Å². The Morgan fingerprint density at radius 1 is 1.23 bits per heavy atom. The Kier molecular flexibility index (Phi) is 3.65. The van der Waals surface area contributed by atoms with Crippen LogP contribution in [0.3, 0.4) is 0 Å². The maximum absolute atomic E-state index is 12.5. The molecular weight excluding hydrogens is 304 g/mol. The lowest BCUT2D eigenvalue weighted by atomic mass is 10.0. The molecule has 2 N–H and O–H groups in total. The summed E-state index contributed by atoms with van der Waals surface area (Å²) in [5.41, 5.74) is 0.389. The van der Waals surface area contributed by atoms with Crippen LogP contribution in [0.5, 0.6) is 5.75 Å². The van der Waals surface area contributed by atoms with Gasteiger partial charge in [-0.1, -0.05) is 23.7 Å². The Morgan fingerprint density at radius 3 is 2.82 bits per heavy atom. The second-order valence-corrected chi connectivity index (χ2v) is 5.17. The largest absolute Gasteiger partial charge is 0.507 e. The number of halogens is 1. The van der Waals surface area contributed by atoms with Gasteiger partial charge in [-0.15, -0.1) is 0 Å². The average Bonchev–Trinajstić information content (AvgIpc) is 2.50. The molecule has 2 heterocycles. The van der Waals surface area contributed by atoms with E-state index in [2.05, 4.69) is 9.97 Å². The topological polar surface area (TPSA) is 83.0 Å². The first kappa shape index (κ1) is 14.3. The number of H-pyrrole nitrogens is 1. The molecule has 0 atom stereocenters. The zero-order valence-electron chi connectivity index (χ0n) is 11.3. The van der Waals surface area contributed by atoms with Gasteiger partial charge in [-0.2, -0.15) is 0 Å². The van der Waals surface area contributed by atoms with Crippen molar-refractivity contribution in [2.45, 2.75) is 6.42 Å². The number of nitrogens with zero attached hydrogens (tertiary/aromatic N) is 1. The van der Waals surface area contributed by atoms with Crippen LogP contribution in [0, 0.1) is 0 Å². The van der Waals surface area contributed by atoms with Crippen LogP contribution in [0.15, 0.2) is 47.4 Å². The average molecular weight is 315 g/mol. The van der Waals surface area contributed by atoms with Crippen molar-refractivity contribution in [2.75, 3.05) is 0 Å². The molecule has 0 radical (unpaired) electrons. The number of hydrogen-bond acceptors (Lipinski definition) is 4. The number of para-hydroxylation sites is 1. The van der Waals surface area contributed by atoms with Crippen molar-refractivity contribution in [1.29, 1.82) is 0 Å². The minimum atomic E-state index is -0.487. The monoisotopic (exact) mass is 314 g/mol. The van der Waals surface area contributed by atoms with Crippen LogP contribution >= 0.6 is 11.6 Å². The Hall–Kier alpha value is -2.66. The Bertz CT molecular complexity index is 934. The molecule has 1 aromatic carbocycles. The first-order chi connectivity index (χ1) is 10.6. The molecule has 0 saturated carbocycles. The van der Waals surface area contributed by atoms with Crippen LogP contribution in [0.25, 0.3) is 10.9 Å². The van der Waals surface area contributed by atoms with Crippen LogP contribution in [0.2, 0.25) is 5.15 Å².